The van der Waals surface area contributed by atoms with Crippen LogP contribution in [0.5, 0.6) is 5.75 Å². The van der Waals surface area contributed by atoms with Gasteiger partial charge in [-0.3, -0.25) is 0 Å². The van der Waals surface area contributed by atoms with Crippen molar-refractivity contribution in [2.75, 3.05) is 44.4 Å². The van der Waals surface area contributed by atoms with E-state index < -0.39 is 35.3 Å². The number of rotatable bonds is 9. The quantitative estimate of drug-likeness (QED) is 0.350. The molecule has 1 atom stereocenters. The van der Waals surface area contributed by atoms with Crippen LogP contribution in [0.25, 0.3) is 0 Å². The molecule has 2 N–H and O–H groups in total. The number of hydrogen-bond donors (Lipinski definition) is 2. The van der Waals surface area contributed by atoms with E-state index in [1.165, 1.54) is 30.3 Å². The molecule has 0 bridgehead atoms. The Bertz CT molecular complexity index is 1250. The van der Waals surface area contributed by atoms with E-state index in [2.05, 4.69) is 10.6 Å². The number of hydroxylamine groups is 2. The first-order valence-corrected chi connectivity index (χ1v) is 12.5. The third-order valence-electron chi connectivity index (χ3n) is 5.40. The molecule has 0 saturated heterocycles. The summed E-state index contributed by atoms with van der Waals surface area (Å²) in [7, 11) is 5.69. The van der Waals surface area contributed by atoms with Crippen molar-refractivity contribution in [2.24, 2.45) is 0 Å². The molecule has 2 aromatic carbocycles. The van der Waals surface area contributed by atoms with Crippen molar-refractivity contribution in [3.63, 3.8) is 0 Å². The van der Waals surface area contributed by atoms with Crippen molar-refractivity contribution >= 4 is 34.8 Å². The highest BCUT2D eigenvalue weighted by molar-refractivity contribution is 6.33. The number of ether oxygens (including phenoxy) is 1. The van der Waals surface area contributed by atoms with Crippen LogP contribution in [-0.2, 0) is 4.74 Å². The fourth-order valence-electron chi connectivity index (χ4n) is 3.45. The summed E-state index contributed by atoms with van der Waals surface area (Å²) in [6.07, 6.45) is 1.56. The Balaban J connectivity index is 1.87. The summed E-state index contributed by atoms with van der Waals surface area (Å²) < 4.78 is 48.2. The molecule has 1 amide bonds. The number of carbonyl (C=O) groups excluding carboxylic acids is 1. The van der Waals surface area contributed by atoms with Crippen molar-refractivity contribution in [3.8, 4) is 5.75 Å². The van der Waals surface area contributed by atoms with Crippen LogP contribution < -0.4 is 20.4 Å². The summed E-state index contributed by atoms with van der Waals surface area (Å²) in [5, 5.41) is 6.50. The highest BCUT2D eigenvalue weighted by Crippen LogP contribution is 2.36. The molecule has 12 heteroatoms. The molecule has 0 aromatic heterocycles. The van der Waals surface area contributed by atoms with Crippen molar-refractivity contribution < 1.29 is 27.5 Å². The minimum atomic E-state index is -0.991. The van der Waals surface area contributed by atoms with Gasteiger partial charge in [0.1, 0.15) is 17.2 Å². The number of dihydropyridines is 1. The van der Waals surface area contributed by atoms with Gasteiger partial charge in [0.15, 0.2) is 17.7 Å². The summed E-state index contributed by atoms with van der Waals surface area (Å²) >= 11 is 6.46. The maximum absolute atomic E-state index is 15.3. The molecule has 1 unspecified atom stereocenters. The Labute approximate surface area is 231 Å². The minimum Gasteiger partial charge on any atom is -0.442 e. The molecule has 2 aromatic rings. The van der Waals surface area contributed by atoms with Crippen LogP contribution in [0.4, 0.5) is 35.0 Å². The SMILES string of the molecule is CN(C)CCN(C)c1cc(F)ccc1Nc1cc(F)c(ON(C(=O)OC(C)(C)C)C2C=CC(F)=CN2)cc1Cl. The number of anilines is 3. The predicted octanol–water partition coefficient (Wildman–Crippen LogP) is 6.19. The van der Waals surface area contributed by atoms with Crippen LogP contribution in [0, 0.1) is 11.6 Å². The second kappa shape index (κ2) is 12.5. The van der Waals surface area contributed by atoms with Gasteiger partial charge in [0, 0.05) is 38.5 Å². The number of likely N-dealkylation sites (N-methyl/N-ethyl adjacent to an activating group) is 2. The van der Waals surface area contributed by atoms with E-state index in [9.17, 15) is 13.6 Å². The molecule has 0 aliphatic carbocycles. The fraction of sp³-hybridized carbons (Fsp3) is 0.370. The Morgan fingerprint density at radius 3 is 2.41 bits per heavy atom. The van der Waals surface area contributed by atoms with Gasteiger partial charge in [-0.15, -0.1) is 5.06 Å². The number of allylic oxidation sites excluding steroid dienone is 2. The van der Waals surface area contributed by atoms with Crippen LogP contribution in [0.15, 0.2) is 54.5 Å². The van der Waals surface area contributed by atoms with Gasteiger partial charge in [-0.05, 0) is 65.2 Å². The molecule has 212 valence electrons. The van der Waals surface area contributed by atoms with Gasteiger partial charge in [0.2, 0.25) is 0 Å². The lowest BCUT2D eigenvalue weighted by Gasteiger charge is -2.32. The van der Waals surface area contributed by atoms with Crippen molar-refractivity contribution in [2.45, 2.75) is 32.5 Å². The van der Waals surface area contributed by atoms with E-state index in [1.807, 2.05) is 30.9 Å². The Morgan fingerprint density at radius 1 is 1.08 bits per heavy atom. The van der Waals surface area contributed by atoms with Gasteiger partial charge in [0.25, 0.3) is 0 Å². The average Bonchev–Trinajstić information content (AvgIpc) is 2.84. The van der Waals surface area contributed by atoms with Crippen molar-refractivity contribution in [1.82, 2.24) is 15.3 Å². The first-order chi connectivity index (χ1) is 18.2. The van der Waals surface area contributed by atoms with E-state index in [0.29, 0.717) is 17.9 Å². The first kappa shape index (κ1) is 30.0. The molecule has 39 heavy (non-hydrogen) atoms. The van der Waals surface area contributed by atoms with E-state index in [0.717, 1.165) is 30.0 Å². The molecule has 3 rings (SSSR count). The molecule has 1 aliphatic rings. The largest absolute Gasteiger partial charge is 0.446 e. The predicted molar refractivity (Wildman–Crippen MR) is 147 cm³/mol. The molecule has 0 saturated carbocycles. The number of amides is 1. The van der Waals surface area contributed by atoms with Crippen LogP contribution in [0.1, 0.15) is 20.8 Å². The van der Waals surface area contributed by atoms with E-state index in [4.69, 9.17) is 21.2 Å². The normalized spacial score (nSPS) is 14.9. The van der Waals surface area contributed by atoms with Crippen LogP contribution >= 0.6 is 11.6 Å². The second-order valence-electron chi connectivity index (χ2n) is 10.2. The van der Waals surface area contributed by atoms with Gasteiger partial charge >= 0.3 is 6.09 Å². The van der Waals surface area contributed by atoms with Gasteiger partial charge in [-0.1, -0.05) is 11.6 Å². The van der Waals surface area contributed by atoms with E-state index >= 15 is 4.39 Å². The summed E-state index contributed by atoms with van der Waals surface area (Å²) in [6.45, 7) is 6.32. The summed E-state index contributed by atoms with van der Waals surface area (Å²) in [5.41, 5.74) is 0.378. The molecule has 0 fully saturated rings. The van der Waals surface area contributed by atoms with Crippen LogP contribution in [0.3, 0.4) is 0 Å². The highest BCUT2D eigenvalue weighted by atomic mass is 35.5. The molecular weight excluding hydrogens is 535 g/mol. The third kappa shape index (κ3) is 8.46. The zero-order chi connectivity index (χ0) is 28.9. The fourth-order valence-corrected chi connectivity index (χ4v) is 3.66. The Morgan fingerprint density at radius 2 is 1.79 bits per heavy atom. The van der Waals surface area contributed by atoms with Gasteiger partial charge in [-0.25, -0.2) is 18.0 Å². The Kier molecular flexibility index (Phi) is 9.63. The zero-order valence-electron chi connectivity index (χ0n) is 22.7. The summed E-state index contributed by atoms with van der Waals surface area (Å²) in [4.78, 5) is 22.3. The molecule has 0 radical (unpaired) electrons. The van der Waals surface area contributed by atoms with Crippen molar-refractivity contribution in [3.05, 3.63) is 71.2 Å². The van der Waals surface area contributed by atoms with E-state index in [1.54, 1.807) is 20.8 Å². The standard InChI is InChI=1S/C27H33ClF3N5O3/c1-27(2,3)38-26(37)36(25-10-8-18(30)16-32-25)39-24-14-19(28)22(15-20(24)31)33-21-9-7-17(29)13-23(21)35(6)12-11-34(4)5/h7-10,13-16,25,32-33H,11-12H2,1-6H3. The minimum absolute atomic E-state index is 0.0693. The number of halogens is 4. The van der Waals surface area contributed by atoms with Gasteiger partial charge < -0.3 is 30.0 Å². The Hall–Kier alpha value is -3.57. The van der Waals surface area contributed by atoms with Crippen LogP contribution in [0.2, 0.25) is 5.02 Å². The van der Waals surface area contributed by atoms with E-state index in [-0.39, 0.29) is 16.5 Å². The molecule has 1 heterocycles. The smallest absolute Gasteiger partial charge is 0.442 e. The number of hydrogen-bond acceptors (Lipinski definition) is 7. The number of carbonyl (C=O) groups is 1. The molecule has 0 spiro atoms. The maximum atomic E-state index is 15.3. The number of benzene rings is 2. The lowest BCUT2D eigenvalue weighted by Crippen LogP contribution is -2.50. The number of nitrogens with zero attached hydrogens (tertiary/aromatic N) is 3. The number of nitrogens with one attached hydrogen (secondary N) is 2. The monoisotopic (exact) mass is 567 g/mol. The highest BCUT2D eigenvalue weighted by Gasteiger charge is 2.31. The zero-order valence-corrected chi connectivity index (χ0v) is 23.4. The van der Waals surface area contributed by atoms with Gasteiger partial charge in [-0.2, -0.15) is 0 Å². The molecule has 1 aliphatic heterocycles. The van der Waals surface area contributed by atoms with Crippen LogP contribution in [-0.4, -0.2) is 62.1 Å². The second-order valence-corrected chi connectivity index (χ2v) is 10.6. The third-order valence-corrected chi connectivity index (χ3v) is 5.71. The summed E-state index contributed by atoms with van der Waals surface area (Å²) in [5.74, 6) is -2.20. The lowest BCUT2D eigenvalue weighted by molar-refractivity contribution is -0.0934. The topological polar surface area (TPSA) is 69.3 Å². The average molecular weight is 568 g/mol. The maximum Gasteiger partial charge on any atom is 0.446 e. The van der Waals surface area contributed by atoms with Crippen molar-refractivity contribution in [1.29, 1.82) is 0 Å². The first-order valence-electron chi connectivity index (χ1n) is 12.1. The molecule has 8 nitrogen and oxygen atoms in total. The lowest BCUT2D eigenvalue weighted by atomic mass is 10.2. The van der Waals surface area contributed by atoms with Gasteiger partial charge in [0.05, 0.1) is 22.1 Å². The summed E-state index contributed by atoms with van der Waals surface area (Å²) in [6, 6.07) is 6.49. The molecular formula is C27H33ClF3N5O3.